The van der Waals surface area contributed by atoms with Crippen LogP contribution >= 0.6 is 0 Å². The Hall–Kier alpha value is -1.55. The van der Waals surface area contributed by atoms with Crippen molar-refractivity contribution in [3.05, 3.63) is 29.8 Å². The number of methoxy groups -OCH3 is 1. The molecule has 1 fully saturated rings. The number of likely N-dealkylation sites (tertiary alicyclic amines) is 1. The second kappa shape index (κ2) is 6.75. The molecule has 4 heteroatoms. The summed E-state index contributed by atoms with van der Waals surface area (Å²) in [6, 6.07) is 8.05. The van der Waals surface area contributed by atoms with Gasteiger partial charge in [0.15, 0.2) is 0 Å². The number of piperidine rings is 1. The van der Waals surface area contributed by atoms with E-state index in [4.69, 9.17) is 4.74 Å². The molecule has 110 valence electrons. The number of carbonyl (C=O) groups is 1. The van der Waals surface area contributed by atoms with E-state index in [9.17, 15) is 4.79 Å². The minimum Gasteiger partial charge on any atom is -0.382 e. The van der Waals surface area contributed by atoms with Crippen LogP contribution in [-0.4, -0.2) is 43.2 Å². The van der Waals surface area contributed by atoms with Crippen molar-refractivity contribution >= 4 is 11.6 Å². The van der Waals surface area contributed by atoms with Crippen LogP contribution in [0, 0.1) is 0 Å². The first-order valence-corrected chi connectivity index (χ1v) is 7.29. The summed E-state index contributed by atoms with van der Waals surface area (Å²) in [4.78, 5) is 14.6. The van der Waals surface area contributed by atoms with E-state index in [0.717, 1.165) is 37.2 Å². The quantitative estimate of drug-likeness (QED) is 0.919. The largest absolute Gasteiger partial charge is 0.382 e. The monoisotopic (exact) mass is 276 g/mol. The van der Waals surface area contributed by atoms with Crippen molar-refractivity contribution in [3.63, 3.8) is 0 Å². The predicted molar refractivity (Wildman–Crippen MR) is 81.1 cm³/mol. The molecule has 1 aromatic carbocycles. The molecule has 1 saturated heterocycles. The summed E-state index contributed by atoms with van der Waals surface area (Å²) in [5.74, 6) is 0.114. The van der Waals surface area contributed by atoms with Gasteiger partial charge in [0.25, 0.3) is 5.91 Å². The van der Waals surface area contributed by atoms with Crippen LogP contribution in [0.15, 0.2) is 24.3 Å². The Morgan fingerprint density at radius 1 is 1.30 bits per heavy atom. The molecule has 1 amide bonds. The number of rotatable bonds is 4. The molecule has 20 heavy (non-hydrogen) atoms. The summed E-state index contributed by atoms with van der Waals surface area (Å²) in [7, 11) is 1.74. The minimum atomic E-state index is 0.114. The van der Waals surface area contributed by atoms with Gasteiger partial charge in [-0.05, 0) is 38.8 Å². The number of para-hydroxylation sites is 1. The van der Waals surface area contributed by atoms with Crippen LogP contribution in [0.5, 0.6) is 0 Å². The number of nitrogens with zero attached hydrogens (tertiary/aromatic N) is 1. The Morgan fingerprint density at radius 3 is 2.55 bits per heavy atom. The van der Waals surface area contributed by atoms with Crippen molar-refractivity contribution in [1.29, 1.82) is 0 Å². The highest BCUT2D eigenvalue weighted by Gasteiger charge is 2.24. The third kappa shape index (κ3) is 3.51. The van der Waals surface area contributed by atoms with Gasteiger partial charge in [0.2, 0.25) is 0 Å². The Bertz CT molecular complexity index is 452. The van der Waals surface area contributed by atoms with E-state index in [1.54, 1.807) is 7.11 Å². The molecule has 0 saturated carbocycles. The zero-order chi connectivity index (χ0) is 14.5. The molecule has 1 aliphatic rings. The highest BCUT2D eigenvalue weighted by molar-refractivity contribution is 5.99. The molecular formula is C16H24N2O2. The van der Waals surface area contributed by atoms with E-state index in [2.05, 4.69) is 19.2 Å². The summed E-state index contributed by atoms with van der Waals surface area (Å²) in [5, 5.41) is 3.34. The molecule has 0 aliphatic carbocycles. The fraction of sp³-hybridized carbons (Fsp3) is 0.562. The van der Waals surface area contributed by atoms with Crippen molar-refractivity contribution < 1.29 is 9.53 Å². The maximum Gasteiger partial charge on any atom is 0.255 e. The molecule has 0 radical (unpaired) electrons. The maximum absolute atomic E-state index is 12.6. The average Bonchev–Trinajstić information content (AvgIpc) is 2.46. The summed E-state index contributed by atoms with van der Waals surface area (Å²) >= 11 is 0. The van der Waals surface area contributed by atoms with Crippen LogP contribution in [0.1, 0.15) is 37.0 Å². The summed E-state index contributed by atoms with van der Waals surface area (Å²) in [5.41, 5.74) is 1.68. The zero-order valence-corrected chi connectivity index (χ0v) is 12.6. The van der Waals surface area contributed by atoms with Gasteiger partial charge >= 0.3 is 0 Å². The van der Waals surface area contributed by atoms with Gasteiger partial charge in [0.1, 0.15) is 0 Å². The number of nitrogens with one attached hydrogen (secondary N) is 1. The van der Waals surface area contributed by atoms with Crippen LogP contribution in [0.25, 0.3) is 0 Å². The highest BCUT2D eigenvalue weighted by Crippen LogP contribution is 2.21. The molecule has 1 heterocycles. The van der Waals surface area contributed by atoms with Crippen LogP contribution in [0.3, 0.4) is 0 Å². The van der Waals surface area contributed by atoms with E-state index in [1.165, 1.54) is 0 Å². The summed E-state index contributed by atoms with van der Waals surface area (Å²) < 4.78 is 5.35. The third-order valence-electron chi connectivity index (χ3n) is 3.66. The van der Waals surface area contributed by atoms with E-state index in [0.29, 0.717) is 12.1 Å². The number of ether oxygens (including phenoxy) is 1. The van der Waals surface area contributed by atoms with Crippen molar-refractivity contribution in [2.45, 2.75) is 38.8 Å². The normalized spacial score (nSPS) is 16.5. The second-order valence-corrected chi connectivity index (χ2v) is 5.57. The molecule has 0 unspecified atom stereocenters. The van der Waals surface area contributed by atoms with E-state index in [-0.39, 0.29) is 5.91 Å². The Morgan fingerprint density at radius 2 is 1.95 bits per heavy atom. The van der Waals surface area contributed by atoms with Crippen LogP contribution in [0.4, 0.5) is 5.69 Å². The minimum absolute atomic E-state index is 0.114. The first-order chi connectivity index (χ1) is 9.61. The lowest BCUT2D eigenvalue weighted by atomic mass is 10.1. The third-order valence-corrected chi connectivity index (χ3v) is 3.66. The van der Waals surface area contributed by atoms with Gasteiger partial charge in [-0.3, -0.25) is 4.79 Å². The molecule has 0 aromatic heterocycles. The Balaban J connectivity index is 2.09. The number of hydrogen-bond donors (Lipinski definition) is 1. The van der Waals surface area contributed by atoms with Gasteiger partial charge in [0.05, 0.1) is 11.7 Å². The van der Waals surface area contributed by atoms with E-state index >= 15 is 0 Å². The van der Waals surface area contributed by atoms with Gasteiger partial charge in [-0.1, -0.05) is 12.1 Å². The molecule has 1 aliphatic heterocycles. The van der Waals surface area contributed by atoms with E-state index in [1.807, 2.05) is 29.2 Å². The average molecular weight is 276 g/mol. The van der Waals surface area contributed by atoms with Crippen molar-refractivity contribution in [1.82, 2.24) is 4.90 Å². The maximum atomic E-state index is 12.6. The molecule has 2 rings (SSSR count). The zero-order valence-electron chi connectivity index (χ0n) is 12.6. The number of anilines is 1. The number of amides is 1. The predicted octanol–water partition coefficient (Wildman–Crippen LogP) is 2.76. The first kappa shape index (κ1) is 14.9. The highest BCUT2D eigenvalue weighted by atomic mass is 16.5. The van der Waals surface area contributed by atoms with Gasteiger partial charge < -0.3 is 15.0 Å². The van der Waals surface area contributed by atoms with Gasteiger partial charge in [-0.15, -0.1) is 0 Å². The van der Waals surface area contributed by atoms with Gasteiger partial charge in [-0.2, -0.15) is 0 Å². The van der Waals surface area contributed by atoms with E-state index < -0.39 is 0 Å². The molecule has 0 bridgehead atoms. The van der Waals surface area contributed by atoms with Crippen LogP contribution < -0.4 is 5.32 Å². The van der Waals surface area contributed by atoms with Gasteiger partial charge in [0, 0.05) is 31.9 Å². The fourth-order valence-electron chi connectivity index (χ4n) is 2.57. The smallest absolute Gasteiger partial charge is 0.255 e. The lowest BCUT2D eigenvalue weighted by Crippen LogP contribution is -2.40. The fourth-order valence-corrected chi connectivity index (χ4v) is 2.57. The molecule has 0 spiro atoms. The van der Waals surface area contributed by atoms with Crippen molar-refractivity contribution in [2.24, 2.45) is 0 Å². The molecule has 0 atom stereocenters. The first-order valence-electron chi connectivity index (χ1n) is 7.29. The lowest BCUT2D eigenvalue weighted by molar-refractivity contribution is 0.0351. The van der Waals surface area contributed by atoms with Crippen molar-refractivity contribution in [2.75, 3.05) is 25.5 Å². The lowest BCUT2D eigenvalue weighted by Gasteiger charge is -2.31. The Labute approximate surface area is 121 Å². The Kier molecular flexibility index (Phi) is 5.01. The van der Waals surface area contributed by atoms with Crippen LogP contribution in [0.2, 0.25) is 0 Å². The topological polar surface area (TPSA) is 41.6 Å². The van der Waals surface area contributed by atoms with Crippen LogP contribution in [-0.2, 0) is 4.74 Å². The standard InChI is InChI=1S/C16H24N2O2/c1-12(2)17-15-7-5-4-6-14(15)16(19)18-10-8-13(20-3)9-11-18/h4-7,12-13,17H,8-11H2,1-3H3. The number of hydrogen-bond acceptors (Lipinski definition) is 3. The molecular weight excluding hydrogens is 252 g/mol. The summed E-state index contributed by atoms with van der Waals surface area (Å²) in [6.07, 6.45) is 2.13. The van der Waals surface area contributed by atoms with Crippen molar-refractivity contribution in [3.8, 4) is 0 Å². The van der Waals surface area contributed by atoms with Gasteiger partial charge in [-0.25, -0.2) is 0 Å². The molecule has 1 aromatic rings. The molecule has 1 N–H and O–H groups in total. The molecule has 4 nitrogen and oxygen atoms in total. The number of benzene rings is 1. The second-order valence-electron chi connectivity index (χ2n) is 5.57. The number of carbonyl (C=O) groups excluding carboxylic acids is 1. The summed E-state index contributed by atoms with van der Waals surface area (Å²) in [6.45, 7) is 5.69. The SMILES string of the molecule is COC1CCN(C(=O)c2ccccc2NC(C)C)CC1.